The normalized spacial score (nSPS) is 12.6. The average molecular weight is 326 g/mol. The van der Waals surface area contributed by atoms with Crippen LogP contribution in [0.5, 0.6) is 5.75 Å². The molecule has 10 heteroatoms. The van der Waals surface area contributed by atoms with E-state index in [1.54, 1.807) is 0 Å². The molecular weight excluding hydrogens is 320 g/mol. The van der Waals surface area contributed by atoms with E-state index in [1.807, 2.05) is 0 Å². The molecule has 1 aromatic heterocycles. The van der Waals surface area contributed by atoms with Crippen molar-refractivity contribution in [1.82, 2.24) is 0 Å². The molecule has 0 unspecified atom stereocenters. The molecule has 0 fully saturated rings. The van der Waals surface area contributed by atoms with Gasteiger partial charge in [0.2, 0.25) is 0 Å². The molecular formula is C11H6F4O5S. The summed E-state index contributed by atoms with van der Waals surface area (Å²) >= 11 is 0. The highest BCUT2D eigenvalue weighted by Gasteiger charge is 2.48. The highest BCUT2D eigenvalue weighted by molar-refractivity contribution is 7.88. The number of hydrogen-bond acceptors (Lipinski definition) is 5. The lowest BCUT2D eigenvalue weighted by Gasteiger charge is -2.10. The van der Waals surface area contributed by atoms with Gasteiger partial charge in [0.15, 0.2) is 0 Å². The molecule has 114 valence electrons. The summed E-state index contributed by atoms with van der Waals surface area (Å²) in [6.07, 6.45) is 0. The SMILES string of the molecule is O=c1cc(CF)c2ccc(OS(=O)(=O)C(F)(F)F)cc2o1. The van der Waals surface area contributed by atoms with Gasteiger partial charge < -0.3 is 8.60 Å². The number of halogens is 4. The number of benzene rings is 1. The summed E-state index contributed by atoms with van der Waals surface area (Å²) in [6, 6.07) is 3.63. The van der Waals surface area contributed by atoms with E-state index in [4.69, 9.17) is 0 Å². The lowest BCUT2D eigenvalue weighted by atomic mass is 10.1. The van der Waals surface area contributed by atoms with Crippen molar-refractivity contribution in [3.05, 3.63) is 40.2 Å². The molecule has 0 aliphatic rings. The molecule has 0 bridgehead atoms. The van der Waals surface area contributed by atoms with Crippen LogP contribution in [0.15, 0.2) is 33.5 Å². The van der Waals surface area contributed by atoms with E-state index >= 15 is 0 Å². The molecule has 0 saturated heterocycles. The zero-order valence-corrected chi connectivity index (χ0v) is 10.8. The third-order valence-electron chi connectivity index (χ3n) is 2.44. The van der Waals surface area contributed by atoms with Crippen molar-refractivity contribution in [3.8, 4) is 5.75 Å². The maximum absolute atomic E-state index is 12.7. The fourth-order valence-corrected chi connectivity index (χ4v) is 2.00. The highest BCUT2D eigenvalue weighted by Crippen LogP contribution is 2.29. The van der Waals surface area contributed by atoms with Crippen molar-refractivity contribution in [2.75, 3.05) is 0 Å². The van der Waals surface area contributed by atoms with E-state index in [0.29, 0.717) is 0 Å². The quantitative estimate of drug-likeness (QED) is 0.375. The van der Waals surface area contributed by atoms with E-state index in [0.717, 1.165) is 24.3 Å². The molecule has 0 N–H and O–H groups in total. The second kappa shape index (κ2) is 5.02. The Balaban J connectivity index is 2.52. The minimum absolute atomic E-state index is 0.0357. The fourth-order valence-electron chi connectivity index (χ4n) is 1.55. The third-order valence-corrected chi connectivity index (χ3v) is 3.41. The van der Waals surface area contributed by atoms with Gasteiger partial charge in [-0.3, -0.25) is 0 Å². The summed E-state index contributed by atoms with van der Waals surface area (Å²) in [5, 5.41) is 0.119. The zero-order valence-electron chi connectivity index (χ0n) is 9.98. The Bertz CT molecular complexity index is 838. The van der Waals surface area contributed by atoms with Gasteiger partial charge in [0, 0.05) is 23.1 Å². The van der Waals surface area contributed by atoms with Crippen LogP contribution < -0.4 is 9.81 Å². The van der Waals surface area contributed by atoms with Gasteiger partial charge in [-0.15, -0.1) is 0 Å². The van der Waals surface area contributed by atoms with Gasteiger partial charge in [0.1, 0.15) is 18.0 Å². The number of fused-ring (bicyclic) bond motifs is 1. The van der Waals surface area contributed by atoms with Crippen LogP contribution in [0.25, 0.3) is 11.0 Å². The molecule has 1 heterocycles. The van der Waals surface area contributed by atoms with Crippen LogP contribution >= 0.6 is 0 Å². The van der Waals surface area contributed by atoms with Crippen LogP contribution in [0.3, 0.4) is 0 Å². The minimum Gasteiger partial charge on any atom is -0.423 e. The van der Waals surface area contributed by atoms with E-state index in [1.165, 1.54) is 0 Å². The smallest absolute Gasteiger partial charge is 0.423 e. The van der Waals surface area contributed by atoms with Crippen molar-refractivity contribution >= 4 is 21.1 Å². The average Bonchev–Trinajstić information content (AvgIpc) is 2.35. The maximum Gasteiger partial charge on any atom is 0.534 e. The molecule has 0 radical (unpaired) electrons. The fraction of sp³-hybridized carbons (Fsp3) is 0.182. The first-order chi connectivity index (χ1) is 9.64. The number of hydrogen-bond donors (Lipinski definition) is 0. The van der Waals surface area contributed by atoms with Crippen molar-refractivity contribution in [2.24, 2.45) is 0 Å². The standard InChI is InChI=1S/C11H6F4O5S/c12-5-6-3-10(16)19-9-4-7(1-2-8(6)9)20-21(17,18)11(13,14)15/h1-4H,5H2. The highest BCUT2D eigenvalue weighted by atomic mass is 32.2. The Morgan fingerprint density at radius 2 is 1.86 bits per heavy atom. The van der Waals surface area contributed by atoms with Crippen molar-refractivity contribution < 1.29 is 34.6 Å². The predicted octanol–water partition coefficient (Wildman–Crippen LogP) is 2.49. The van der Waals surface area contributed by atoms with Crippen LogP contribution in [-0.2, 0) is 16.8 Å². The number of alkyl halides is 4. The van der Waals surface area contributed by atoms with Crippen LogP contribution in [0.4, 0.5) is 17.6 Å². The topological polar surface area (TPSA) is 73.6 Å². The van der Waals surface area contributed by atoms with Crippen LogP contribution in [-0.4, -0.2) is 13.9 Å². The molecule has 0 spiro atoms. The molecule has 2 aromatic rings. The lowest BCUT2D eigenvalue weighted by molar-refractivity contribution is -0.0500. The minimum atomic E-state index is -5.84. The second-order valence-corrected chi connectivity index (χ2v) is 5.40. The first-order valence-corrected chi connectivity index (χ1v) is 6.68. The first-order valence-electron chi connectivity index (χ1n) is 5.27. The molecule has 0 amide bonds. The molecule has 2 rings (SSSR count). The Morgan fingerprint density at radius 1 is 1.19 bits per heavy atom. The number of rotatable bonds is 3. The van der Waals surface area contributed by atoms with Gasteiger partial charge in [-0.1, -0.05) is 0 Å². The van der Waals surface area contributed by atoms with Crippen LogP contribution in [0.2, 0.25) is 0 Å². The zero-order chi connectivity index (χ0) is 15.8. The largest absolute Gasteiger partial charge is 0.534 e. The Labute approximate surface area is 114 Å². The second-order valence-electron chi connectivity index (χ2n) is 3.87. The summed E-state index contributed by atoms with van der Waals surface area (Å²) in [5.41, 5.74) is -6.84. The third kappa shape index (κ3) is 2.99. The van der Waals surface area contributed by atoms with E-state index in [9.17, 15) is 30.8 Å². The lowest BCUT2D eigenvalue weighted by Crippen LogP contribution is -2.28. The van der Waals surface area contributed by atoms with Crippen LogP contribution in [0, 0.1) is 0 Å². The molecule has 21 heavy (non-hydrogen) atoms. The van der Waals surface area contributed by atoms with Crippen LogP contribution in [0.1, 0.15) is 5.56 Å². The van der Waals surface area contributed by atoms with Gasteiger partial charge in [0.05, 0.1) is 0 Å². The van der Waals surface area contributed by atoms with Gasteiger partial charge >= 0.3 is 21.3 Å². The first kappa shape index (κ1) is 15.3. The maximum atomic E-state index is 12.7. The molecule has 0 aliphatic carbocycles. The van der Waals surface area contributed by atoms with E-state index in [-0.39, 0.29) is 16.5 Å². The Morgan fingerprint density at radius 3 is 2.43 bits per heavy atom. The Kier molecular flexibility index (Phi) is 3.66. The van der Waals surface area contributed by atoms with Gasteiger partial charge in [-0.2, -0.15) is 21.6 Å². The summed E-state index contributed by atoms with van der Waals surface area (Å²) in [6.45, 7) is -0.997. The van der Waals surface area contributed by atoms with Crippen molar-refractivity contribution in [3.63, 3.8) is 0 Å². The Hall–Kier alpha value is -2.10. The molecule has 0 atom stereocenters. The van der Waals surface area contributed by atoms with Crippen molar-refractivity contribution in [2.45, 2.75) is 12.2 Å². The van der Waals surface area contributed by atoms with E-state index in [2.05, 4.69) is 8.60 Å². The summed E-state index contributed by atoms with van der Waals surface area (Å²) < 4.78 is 79.5. The summed E-state index contributed by atoms with van der Waals surface area (Å²) in [5.74, 6) is -0.709. The predicted molar refractivity (Wildman–Crippen MR) is 62.9 cm³/mol. The van der Waals surface area contributed by atoms with E-state index < -0.39 is 33.7 Å². The molecule has 0 aliphatic heterocycles. The summed E-state index contributed by atoms with van der Waals surface area (Å²) in [7, 11) is -5.84. The molecule has 5 nitrogen and oxygen atoms in total. The molecule has 0 saturated carbocycles. The van der Waals surface area contributed by atoms with Gasteiger partial charge in [0.25, 0.3) is 0 Å². The van der Waals surface area contributed by atoms with Gasteiger partial charge in [-0.25, -0.2) is 9.18 Å². The van der Waals surface area contributed by atoms with Crippen molar-refractivity contribution in [1.29, 1.82) is 0 Å². The summed E-state index contributed by atoms with van der Waals surface area (Å²) in [4.78, 5) is 11.1. The van der Waals surface area contributed by atoms with Gasteiger partial charge in [-0.05, 0) is 12.1 Å². The molecule has 1 aromatic carbocycles. The monoisotopic (exact) mass is 326 g/mol.